The maximum Gasteiger partial charge on any atom is 0.276 e. The fourth-order valence-electron chi connectivity index (χ4n) is 1.41. The summed E-state index contributed by atoms with van der Waals surface area (Å²) >= 11 is 0. The Bertz CT molecular complexity index is 479. The van der Waals surface area contributed by atoms with Crippen molar-refractivity contribution in [2.45, 2.75) is 25.0 Å². The summed E-state index contributed by atoms with van der Waals surface area (Å²) in [5, 5.41) is 3.12. The van der Waals surface area contributed by atoms with Crippen LogP contribution in [0.5, 0.6) is 0 Å². The van der Waals surface area contributed by atoms with Crippen LogP contribution in [0, 0.1) is 0 Å². The molecule has 0 radical (unpaired) electrons. The number of sulfonamides is 1. The lowest BCUT2D eigenvalue weighted by Crippen LogP contribution is -2.26. The molecular formula is C12H20N2O3S. The number of furan rings is 1. The van der Waals surface area contributed by atoms with Gasteiger partial charge in [0.2, 0.25) is 5.09 Å². The summed E-state index contributed by atoms with van der Waals surface area (Å²) in [7, 11) is -2.05. The Kier molecular flexibility index (Phi) is 5.58. The molecule has 1 heterocycles. The Morgan fingerprint density at radius 1 is 1.50 bits per heavy atom. The van der Waals surface area contributed by atoms with Gasteiger partial charge in [0.05, 0.1) is 6.54 Å². The number of hydrogen-bond acceptors (Lipinski definition) is 4. The third-order valence-electron chi connectivity index (χ3n) is 2.41. The smallest absolute Gasteiger partial charge is 0.276 e. The molecule has 0 bridgehead atoms. The Hall–Kier alpha value is -1.11. The van der Waals surface area contributed by atoms with Crippen molar-refractivity contribution < 1.29 is 12.8 Å². The highest BCUT2D eigenvalue weighted by molar-refractivity contribution is 7.89. The molecule has 0 saturated carbocycles. The number of rotatable bonds is 8. The van der Waals surface area contributed by atoms with Crippen LogP contribution in [-0.4, -0.2) is 32.9 Å². The SMILES string of the molecule is C=CCN(C)S(=O)(=O)c1ccc(CNCCC)o1. The van der Waals surface area contributed by atoms with E-state index >= 15 is 0 Å². The summed E-state index contributed by atoms with van der Waals surface area (Å²) in [5.41, 5.74) is 0. The molecule has 1 aromatic rings. The van der Waals surface area contributed by atoms with Crippen molar-refractivity contribution >= 4 is 10.0 Å². The van der Waals surface area contributed by atoms with E-state index in [4.69, 9.17) is 4.42 Å². The molecule has 0 aliphatic heterocycles. The molecule has 0 aromatic carbocycles. The third kappa shape index (κ3) is 3.69. The zero-order valence-electron chi connectivity index (χ0n) is 10.8. The van der Waals surface area contributed by atoms with Crippen LogP contribution >= 0.6 is 0 Å². The van der Waals surface area contributed by atoms with Crippen molar-refractivity contribution in [2.75, 3.05) is 20.1 Å². The lowest BCUT2D eigenvalue weighted by atomic mass is 10.4. The Morgan fingerprint density at radius 3 is 2.83 bits per heavy atom. The normalized spacial score (nSPS) is 11.9. The molecule has 0 atom stereocenters. The molecule has 0 aliphatic carbocycles. The monoisotopic (exact) mass is 272 g/mol. The first-order chi connectivity index (χ1) is 8.52. The second-order valence-electron chi connectivity index (χ2n) is 3.97. The minimum Gasteiger partial charge on any atom is -0.447 e. The standard InChI is InChI=1S/C12H20N2O3S/c1-4-8-13-10-11-6-7-12(17-11)18(15,16)14(3)9-5-2/h5-7,13H,2,4,8-10H2,1,3H3. The van der Waals surface area contributed by atoms with E-state index in [-0.39, 0.29) is 11.6 Å². The molecule has 0 fully saturated rings. The Balaban J connectivity index is 2.75. The van der Waals surface area contributed by atoms with E-state index in [9.17, 15) is 8.42 Å². The summed E-state index contributed by atoms with van der Waals surface area (Å²) in [6.45, 7) is 7.25. The van der Waals surface area contributed by atoms with E-state index < -0.39 is 10.0 Å². The minimum absolute atomic E-state index is 0.0276. The summed E-state index contributed by atoms with van der Waals surface area (Å²) in [4.78, 5) is 0. The minimum atomic E-state index is -3.54. The number of nitrogens with one attached hydrogen (secondary N) is 1. The van der Waals surface area contributed by atoms with E-state index in [0.29, 0.717) is 12.3 Å². The Morgan fingerprint density at radius 2 is 2.22 bits per heavy atom. The summed E-state index contributed by atoms with van der Waals surface area (Å²) in [5.74, 6) is 0.619. The second-order valence-corrected chi connectivity index (χ2v) is 5.95. The molecule has 1 N–H and O–H groups in total. The van der Waals surface area contributed by atoms with Crippen LogP contribution < -0.4 is 5.32 Å². The van der Waals surface area contributed by atoms with Gasteiger partial charge < -0.3 is 9.73 Å². The molecule has 0 aliphatic rings. The predicted molar refractivity (Wildman–Crippen MR) is 70.7 cm³/mol. The topological polar surface area (TPSA) is 62.6 Å². The third-order valence-corrected chi connectivity index (χ3v) is 4.11. The lowest BCUT2D eigenvalue weighted by Gasteiger charge is -2.12. The highest BCUT2D eigenvalue weighted by Gasteiger charge is 2.23. The van der Waals surface area contributed by atoms with E-state index in [2.05, 4.69) is 18.8 Å². The van der Waals surface area contributed by atoms with Crippen LogP contribution in [0.3, 0.4) is 0 Å². The van der Waals surface area contributed by atoms with Crippen LogP contribution in [0.2, 0.25) is 0 Å². The van der Waals surface area contributed by atoms with Crippen molar-refractivity contribution in [3.8, 4) is 0 Å². The molecule has 1 aromatic heterocycles. The van der Waals surface area contributed by atoms with Gasteiger partial charge in [0.1, 0.15) is 5.76 Å². The van der Waals surface area contributed by atoms with Gasteiger partial charge in [-0.05, 0) is 25.1 Å². The molecular weight excluding hydrogens is 252 g/mol. The van der Waals surface area contributed by atoms with Crippen molar-refractivity contribution in [3.05, 3.63) is 30.5 Å². The van der Waals surface area contributed by atoms with Gasteiger partial charge in [0.25, 0.3) is 10.0 Å². The molecule has 0 amide bonds. The average Bonchev–Trinajstić information content (AvgIpc) is 2.79. The maximum atomic E-state index is 12.0. The first kappa shape index (κ1) is 14.9. The van der Waals surface area contributed by atoms with Crippen molar-refractivity contribution in [1.82, 2.24) is 9.62 Å². The zero-order chi connectivity index (χ0) is 13.6. The number of likely N-dealkylation sites (N-methyl/N-ethyl adjacent to an activating group) is 1. The van der Waals surface area contributed by atoms with E-state index in [1.54, 1.807) is 6.07 Å². The predicted octanol–water partition coefficient (Wildman–Crippen LogP) is 1.59. The fraction of sp³-hybridized carbons (Fsp3) is 0.500. The van der Waals surface area contributed by atoms with Gasteiger partial charge in [0.15, 0.2) is 0 Å². The molecule has 18 heavy (non-hydrogen) atoms. The fourth-order valence-corrected chi connectivity index (χ4v) is 2.47. The molecule has 6 heteroatoms. The largest absolute Gasteiger partial charge is 0.447 e. The molecule has 0 saturated heterocycles. The quantitative estimate of drug-likeness (QED) is 0.576. The summed E-state index contributed by atoms with van der Waals surface area (Å²) < 4.78 is 30.6. The van der Waals surface area contributed by atoms with Crippen LogP contribution in [0.1, 0.15) is 19.1 Å². The highest BCUT2D eigenvalue weighted by atomic mass is 32.2. The number of hydrogen-bond donors (Lipinski definition) is 1. The van der Waals surface area contributed by atoms with E-state index in [1.807, 2.05) is 0 Å². The van der Waals surface area contributed by atoms with E-state index in [1.165, 1.54) is 23.5 Å². The first-order valence-corrected chi connectivity index (χ1v) is 7.33. The van der Waals surface area contributed by atoms with Gasteiger partial charge in [-0.15, -0.1) is 6.58 Å². The van der Waals surface area contributed by atoms with Gasteiger partial charge in [-0.25, -0.2) is 8.42 Å². The van der Waals surface area contributed by atoms with Crippen LogP contribution in [0.25, 0.3) is 0 Å². The van der Waals surface area contributed by atoms with Crippen LogP contribution in [0.15, 0.2) is 34.3 Å². The first-order valence-electron chi connectivity index (χ1n) is 5.89. The highest BCUT2D eigenvalue weighted by Crippen LogP contribution is 2.17. The summed E-state index contributed by atoms with van der Waals surface area (Å²) in [6, 6.07) is 3.16. The maximum absolute atomic E-state index is 12.0. The van der Waals surface area contributed by atoms with Crippen LogP contribution in [0.4, 0.5) is 0 Å². The number of nitrogens with zero attached hydrogens (tertiary/aromatic N) is 1. The zero-order valence-corrected chi connectivity index (χ0v) is 11.7. The molecule has 5 nitrogen and oxygen atoms in total. The summed E-state index contributed by atoms with van der Waals surface area (Å²) in [6.07, 6.45) is 2.55. The van der Waals surface area contributed by atoms with Gasteiger partial charge in [-0.3, -0.25) is 0 Å². The molecule has 0 unspecified atom stereocenters. The van der Waals surface area contributed by atoms with Crippen molar-refractivity contribution in [1.29, 1.82) is 0 Å². The van der Waals surface area contributed by atoms with Gasteiger partial charge in [-0.1, -0.05) is 13.0 Å². The van der Waals surface area contributed by atoms with Gasteiger partial charge >= 0.3 is 0 Å². The van der Waals surface area contributed by atoms with Gasteiger partial charge in [0, 0.05) is 13.6 Å². The molecule has 0 spiro atoms. The lowest BCUT2D eigenvalue weighted by molar-refractivity contribution is 0.386. The van der Waals surface area contributed by atoms with Crippen LogP contribution in [-0.2, 0) is 16.6 Å². The van der Waals surface area contributed by atoms with Crippen molar-refractivity contribution in [3.63, 3.8) is 0 Å². The molecule has 102 valence electrons. The molecule has 1 rings (SSSR count). The average molecular weight is 272 g/mol. The van der Waals surface area contributed by atoms with Gasteiger partial charge in [-0.2, -0.15) is 4.31 Å². The Labute approximate surface area is 109 Å². The van der Waals surface area contributed by atoms with E-state index in [0.717, 1.165) is 13.0 Å². The second kappa shape index (κ2) is 6.72. The van der Waals surface area contributed by atoms with Crippen molar-refractivity contribution in [2.24, 2.45) is 0 Å².